The van der Waals surface area contributed by atoms with E-state index in [1.54, 1.807) is 0 Å². The first-order valence-corrected chi connectivity index (χ1v) is 9.43. The molecular weight excluding hydrogens is 298 g/mol. The first-order valence-electron chi connectivity index (χ1n) is 8.39. The molecule has 22 heavy (non-hydrogen) atoms. The molecule has 126 valence electrons. The van der Waals surface area contributed by atoms with Gasteiger partial charge in [0.2, 0.25) is 0 Å². The maximum absolute atomic E-state index is 12.5. The second-order valence-corrected chi connectivity index (χ2v) is 7.61. The van der Waals surface area contributed by atoms with Gasteiger partial charge in [-0.15, -0.1) is 0 Å². The van der Waals surface area contributed by atoms with Gasteiger partial charge in [-0.05, 0) is 31.4 Å². The van der Waals surface area contributed by atoms with Crippen molar-refractivity contribution in [2.45, 2.75) is 65.0 Å². The van der Waals surface area contributed by atoms with Crippen LogP contribution >= 0.6 is 11.8 Å². The number of rotatable bonds is 9. The fourth-order valence-electron chi connectivity index (χ4n) is 3.06. The highest BCUT2D eigenvalue weighted by atomic mass is 32.2. The van der Waals surface area contributed by atoms with Crippen molar-refractivity contribution >= 4 is 29.0 Å². The Labute approximate surface area is 138 Å². The fourth-order valence-corrected chi connectivity index (χ4v) is 4.04. The van der Waals surface area contributed by atoms with Crippen molar-refractivity contribution in [3.8, 4) is 0 Å². The van der Waals surface area contributed by atoms with Gasteiger partial charge in [-0.2, -0.15) is 11.8 Å². The van der Waals surface area contributed by atoms with Gasteiger partial charge in [0.05, 0.1) is 5.71 Å². The Morgan fingerprint density at radius 3 is 2.41 bits per heavy atom. The zero-order valence-electron chi connectivity index (χ0n) is 14.3. The molecule has 1 fully saturated rings. The van der Waals surface area contributed by atoms with E-state index in [9.17, 15) is 9.59 Å². The molecular formula is C17H29NO3S. The largest absolute Gasteiger partial charge is 0.396 e. The van der Waals surface area contributed by atoms with Gasteiger partial charge in [0.15, 0.2) is 0 Å². The van der Waals surface area contributed by atoms with E-state index < -0.39 is 5.92 Å². The molecule has 0 saturated heterocycles. The van der Waals surface area contributed by atoms with Crippen LogP contribution in [0, 0.1) is 11.8 Å². The highest BCUT2D eigenvalue weighted by molar-refractivity contribution is 7.99. The highest BCUT2D eigenvalue weighted by Gasteiger charge is 2.38. The van der Waals surface area contributed by atoms with Crippen LogP contribution in [-0.2, 0) is 14.4 Å². The lowest BCUT2D eigenvalue weighted by atomic mass is 9.75. The van der Waals surface area contributed by atoms with E-state index in [2.05, 4.69) is 19.0 Å². The van der Waals surface area contributed by atoms with E-state index in [0.29, 0.717) is 36.8 Å². The minimum absolute atomic E-state index is 0.0295. The van der Waals surface area contributed by atoms with Crippen molar-refractivity contribution in [2.75, 3.05) is 12.4 Å². The molecule has 0 heterocycles. The number of nitrogens with zero attached hydrogens (tertiary/aromatic N) is 1. The number of hydrogen-bond acceptors (Lipinski definition) is 5. The quantitative estimate of drug-likeness (QED) is 0.366. The molecule has 1 aliphatic carbocycles. The summed E-state index contributed by atoms with van der Waals surface area (Å²) in [5, 5.41) is 4.54. The van der Waals surface area contributed by atoms with Crippen LogP contribution < -0.4 is 0 Å². The van der Waals surface area contributed by atoms with Gasteiger partial charge in [-0.25, -0.2) is 0 Å². The molecule has 5 heteroatoms. The summed E-state index contributed by atoms with van der Waals surface area (Å²) in [5.41, 5.74) is 0.619. The minimum Gasteiger partial charge on any atom is -0.396 e. The zero-order valence-corrected chi connectivity index (χ0v) is 15.1. The van der Waals surface area contributed by atoms with Crippen LogP contribution in [0.5, 0.6) is 0 Å². The van der Waals surface area contributed by atoms with E-state index in [1.807, 2.05) is 25.6 Å². The number of Topliss-reactive ketones (excluding diaryl/α,β-unsaturated/α-hetero) is 2. The molecule has 0 aromatic carbocycles. The monoisotopic (exact) mass is 327 g/mol. The van der Waals surface area contributed by atoms with Crippen molar-refractivity contribution in [2.24, 2.45) is 17.0 Å². The third-order valence-electron chi connectivity index (χ3n) is 3.89. The number of carbonyl (C=O) groups excluding carboxylic acids is 2. The molecule has 0 aromatic heterocycles. The Morgan fingerprint density at radius 1 is 1.27 bits per heavy atom. The molecule has 1 saturated carbocycles. The summed E-state index contributed by atoms with van der Waals surface area (Å²) in [7, 11) is 0. The van der Waals surface area contributed by atoms with Gasteiger partial charge < -0.3 is 4.84 Å². The third kappa shape index (κ3) is 5.75. The summed E-state index contributed by atoms with van der Waals surface area (Å²) in [4.78, 5) is 30.0. The fraction of sp³-hybridized carbons (Fsp3) is 0.824. The number of hydrogen-bond donors (Lipinski definition) is 0. The van der Waals surface area contributed by atoms with Crippen LogP contribution in [-0.4, -0.2) is 34.9 Å². The molecule has 1 unspecified atom stereocenters. The molecule has 0 amide bonds. The molecule has 0 N–H and O–H groups in total. The van der Waals surface area contributed by atoms with Crippen molar-refractivity contribution in [1.29, 1.82) is 0 Å². The smallest absolute Gasteiger partial charge is 0.149 e. The average Bonchev–Trinajstić information content (AvgIpc) is 2.44. The molecule has 4 nitrogen and oxygen atoms in total. The van der Waals surface area contributed by atoms with Crippen molar-refractivity contribution in [3.63, 3.8) is 0 Å². The summed E-state index contributed by atoms with van der Waals surface area (Å²) in [6.07, 6.45) is 3.44. The van der Waals surface area contributed by atoms with E-state index >= 15 is 0 Å². The normalized spacial score (nSPS) is 24.5. The van der Waals surface area contributed by atoms with Crippen molar-refractivity contribution in [1.82, 2.24) is 0 Å². The maximum atomic E-state index is 12.5. The predicted octanol–water partition coefficient (Wildman–Crippen LogP) is 3.88. The lowest BCUT2D eigenvalue weighted by molar-refractivity contribution is -0.134. The number of carbonyl (C=O) groups is 2. The lowest BCUT2D eigenvalue weighted by Gasteiger charge is -2.28. The van der Waals surface area contributed by atoms with Crippen LogP contribution in [0.1, 0.15) is 59.8 Å². The summed E-state index contributed by atoms with van der Waals surface area (Å²) < 4.78 is 0. The molecule has 0 aliphatic heterocycles. The molecule has 0 radical (unpaired) electrons. The lowest BCUT2D eigenvalue weighted by Crippen LogP contribution is -2.39. The first-order chi connectivity index (χ1) is 10.5. The molecule has 0 bridgehead atoms. The summed E-state index contributed by atoms with van der Waals surface area (Å²) in [6.45, 7) is 8.63. The Bertz CT molecular complexity index is 391. The molecule has 1 atom stereocenters. The van der Waals surface area contributed by atoms with E-state index in [4.69, 9.17) is 4.84 Å². The van der Waals surface area contributed by atoms with Gasteiger partial charge in [-0.1, -0.05) is 32.3 Å². The minimum atomic E-state index is -0.656. The summed E-state index contributed by atoms with van der Waals surface area (Å²) in [6, 6.07) is 0. The van der Waals surface area contributed by atoms with E-state index in [1.165, 1.54) is 0 Å². The van der Waals surface area contributed by atoms with Crippen LogP contribution in [0.3, 0.4) is 0 Å². The zero-order chi connectivity index (χ0) is 16.5. The number of thioether (sulfide) groups is 1. The standard InChI is InChI=1S/C17H29NO3S/c1-5-8-14(18-21-6-2)17-15(19)10-13(11-16(17)20)9-12(4)22-7-3/h12-13,17H,5-11H2,1-4H3/b18-14-. The number of ketones is 2. The van der Waals surface area contributed by atoms with Gasteiger partial charge in [0.1, 0.15) is 24.1 Å². The predicted molar refractivity (Wildman–Crippen MR) is 92.4 cm³/mol. The second kappa shape index (κ2) is 10.0. The summed E-state index contributed by atoms with van der Waals surface area (Å²) >= 11 is 1.89. The van der Waals surface area contributed by atoms with Crippen molar-refractivity contribution < 1.29 is 14.4 Å². The topological polar surface area (TPSA) is 55.7 Å². The number of oxime groups is 1. The van der Waals surface area contributed by atoms with Gasteiger partial charge in [0.25, 0.3) is 0 Å². The Balaban J connectivity index is 2.73. The molecule has 0 aromatic rings. The molecule has 1 aliphatic rings. The Morgan fingerprint density at radius 2 is 1.91 bits per heavy atom. The third-order valence-corrected chi connectivity index (χ3v) is 4.99. The van der Waals surface area contributed by atoms with Crippen molar-refractivity contribution in [3.05, 3.63) is 0 Å². The van der Waals surface area contributed by atoms with Gasteiger partial charge >= 0.3 is 0 Å². The van der Waals surface area contributed by atoms with E-state index in [0.717, 1.165) is 18.6 Å². The maximum Gasteiger partial charge on any atom is 0.149 e. The molecule has 0 spiro atoms. The molecule has 1 rings (SSSR count). The van der Waals surface area contributed by atoms with Crippen LogP contribution in [0.4, 0.5) is 0 Å². The van der Waals surface area contributed by atoms with Crippen LogP contribution in [0.15, 0.2) is 5.16 Å². The highest BCUT2D eigenvalue weighted by Crippen LogP contribution is 2.31. The Kier molecular flexibility index (Phi) is 8.76. The Hall–Kier alpha value is -0.840. The average molecular weight is 327 g/mol. The van der Waals surface area contributed by atoms with E-state index in [-0.39, 0.29) is 17.5 Å². The van der Waals surface area contributed by atoms with Crippen LogP contribution in [0.2, 0.25) is 0 Å². The SMILES string of the molecule is CCC/C(=N/OCC)C1C(=O)CC(CC(C)SCC)CC1=O. The van der Waals surface area contributed by atoms with Crippen LogP contribution in [0.25, 0.3) is 0 Å². The summed E-state index contributed by atoms with van der Waals surface area (Å²) in [5.74, 6) is 0.668. The van der Waals surface area contributed by atoms with Gasteiger partial charge in [0, 0.05) is 18.1 Å². The second-order valence-electron chi connectivity index (χ2n) is 5.89. The first kappa shape index (κ1) is 19.2. The van der Waals surface area contributed by atoms with Gasteiger partial charge in [-0.3, -0.25) is 9.59 Å².